The lowest BCUT2D eigenvalue weighted by molar-refractivity contribution is 0.192. The van der Waals surface area contributed by atoms with Gasteiger partial charge in [-0.05, 0) is 13.3 Å². The molecule has 1 rings (SSSR count). The van der Waals surface area contributed by atoms with E-state index in [0.717, 1.165) is 12.8 Å². The highest BCUT2D eigenvalue weighted by Crippen LogP contribution is 2.05. The predicted octanol–water partition coefficient (Wildman–Crippen LogP) is 1.97. The highest BCUT2D eigenvalue weighted by molar-refractivity contribution is 5.76. The summed E-state index contributed by atoms with van der Waals surface area (Å²) in [4.78, 5) is 17.4. The number of hydrogen-bond acceptors (Lipinski definition) is 2. The monoisotopic (exact) mass is 195 g/mol. The van der Waals surface area contributed by atoms with Crippen LogP contribution in [0.2, 0.25) is 0 Å². The third-order valence-electron chi connectivity index (χ3n) is 2.39. The lowest BCUT2D eigenvalue weighted by Crippen LogP contribution is -2.37. The van der Waals surface area contributed by atoms with E-state index in [2.05, 4.69) is 18.8 Å². The first-order chi connectivity index (χ1) is 6.66. The quantitative estimate of drug-likeness (QED) is 0.739. The smallest absolute Gasteiger partial charge is 0.324 e. The van der Waals surface area contributed by atoms with E-state index in [-0.39, 0.29) is 12.1 Å². The van der Waals surface area contributed by atoms with E-state index in [4.69, 9.17) is 0 Å². The van der Waals surface area contributed by atoms with Gasteiger partial charge in [-0.3, -0.25) is 4.57 Å². The number of hydrogen-bond donors (Lipinski definition) is 0. The van der Waals surface area contributed by atoms with Gasteiger partial charge in [-0.2, -0.15) is 0 Å². The molecule has 0 aliphatic carbocycles. The van der Waals surface area contributed by atoms with Gasteiger partial charge in [0.05, 0.1) is 0 Å². The van der Waals surface area contributed by atoms with Gasteiger partial charge in [0.1, 0.15) is 6.33 Å². The number of carbonyl (C=O) groups is 1. The van der Waals surface area contributed by atoms with Gasteiger partial charge in [0.25, 0.3) is 0 Å². The molecule has 0 saturated heterocycles. The maximum atomic E-state index is 11.8. The second kappa shape index (κ2) is 4.79. The Kier molecular flexibility index (Phi) is 3.68. The molecule has 0 bridgehead atoms. The zero-order chi connectivity index (χ0) is 10.6. The summed E-state index contributed by atoms with van der Waals surface area (Å²) in [5.74, 6) is 0. The minimum Gasteiger partial charge on any atom is -0.324 e. The summed E-state index contributed by atoms with van der Waals surface area (Å²) >= 11 is 0. The fraction of sp³-hybridized carbons (Fsp3) is 0.600. The SMILES string of the molecule is CCCC(C)N(C)C(=O)n1ccnc1. The van der Waals surface area contributed by atoms with Gasteiger partial charge < -0.3 is 4.90 Å². The van der Waals surface area contributed by atoms with Gasteiger partial charge in [0.15, 0.2) is 0 Å². The molecule has 0 N–H and O–H groups in total. The molecule has 0 spiro atoms. The number of rotatable bonds is 3. The fourth-order valence-electron chi connectivity index (χ4n) is 1.35. The summed E-state index contributed by atoms with van der Waals surface area (Å²) < 4.78 is 1.49. The topological polar surface area (TPSA) is 38.1 Å². The summed E-state index contributed by atoms with van der Waals surface area (Å²) in [5, 5.41) is 0. The second-order valence-electron chi connectivity index (χ2n) is 3.50. The van der Waals surface area contributed by atoms with Crippen molar-refractivity contribution in [1.82, 2.24) is 14.5 Å². The number of amides is 1. The molecule has 0 aromatic carbocycles. The number of imidazole rings is 1. The molecule has 1 aromatic heterocycles. The zero-order valence-corrected chi connectivity index (χ0v) is 8.97. The summed E-state index contributed by atoms with van der Waals surface area (Å²) in [6.45, 7) is 4.17. The van der Waals surface area contributed by atoms with Crippen molar-refractivity contribution in [2.45, 2.75) is 32.7 Å². The van der Waals surface area contributed by atoms with Crippen molar-refractivity contribution in [3.05, 3.63) is 18.7 Å². The lowest BCUT2D eigenvalue weighted by Gasteiger charge is -2.24. The van der Waals surface area contributed by atoms with Gasteiger partial charge in [0.2, 0.25) is 0 Å². The van der Waals surface area contributed by atoms with Crippen molar-refractivity contribution < 1.29 is 4.79 Å². The Morgan fingerprint density at radius 3 is 2.86 bits per heavy atom. The average molecular weight is 195 g/mol. The van der Waals surface area contributed by atoms with E-state index in [0.29, 0.717) is 0 Å². The van der Waals surface area contributed by atoms with Crippen LogP contribution in [-0.2, 0) is 0 Å². The van der Waals surface area contributed by atoms with Crippen LogP contribution in [0.15, 0.2) is 18.7 Å². The molecule has 0 radical (unpaired) electrons. The minimum absolute atomic E-state index is 0.0246. The van der Waals surface area contributed by atoms with Crippen LogP contribution in [0.25, 0.3) is 0 Å². The van der Waals surface area contributed by atoms with E-state index in [1.807, 2.05) is 7.05 Å². The number of nitrogens with zero attached hydrogens (tertiary/aromatic N) is 3. The maximum Gasteiger partial charge on any atom is 0.329 e. The highest BCUT2D eigenvalue weighted by Gasteiger charge is 2.15. The Balaban J connectivity index is 2.61. The molecule has 1 unspecified atom stereocenters. The van der Waals surface area contributed by atoms with Crippen molar-refractivity contribution in [3.8, 4) is 0 Å². The Morgan fingerprint density at radius 2 is 2.36 bits per heavy atom. The van der Waals surface area contributed by atoms with Crippen LogP contribution in [-0.4, -0.2) is 33.6 Å². The first kappa shape index (κ1) is 10.8. The van der Waals surface area contributed by atoms with Crippen molar-refractivity contribution in [2.75, 3.05) is 7.05 Å². The van der Waals surface area contributed by atoms with Crippen LogP contribution in [0, 0.1) is 0 Å². The average Bonchev–Trinajstić information content (AvgIpc) is 2.68. The first-order valence-corrected chi connectivity index (χ1v) is 4.92. The first-order valence-electron chi connectivity index (χ1n) is 4.92. The van der Waals surface area contributed by atoms with Crippen molar-refractivity contribution in [1.29, 1.82) is 0 Å². The van der Waals surface area contributed by atoms with E-state index in [1.54, 1.807) is 17.3 Å². The van der Waals surface area contributed by atoms with E-state index in [9.17, 15) is 4.79 Å². The molecule has 0 aliphatic heterocycles. The van der Waals surface area contributed by atoms with Crippen LogP contribution < -0.4 is 0 Å². The van der Waals surface area contributed by atoms with Crippen LogP contribution in [0.1, 0.15) is 26.7 Å². The Hall–Kier alpha value is -1.32. The summed E-state index contributed by atoms with van der Waals surface area (Å²) in [6, 6.07) is 0.248. The zero-order valence-electron chi connectivity index (χ0n) is 8.97. The fourth-order valence-corrected chi connectivity index (χ4v) is 1.35. The van der Waals surface area contributed by atoms with Crippen LogP contribution in [0.4, 0.5) is 4.79 Å². The Labute approximate surface area is 84.5 Å². The van der Waals surface area contributed by atoms with E-state index in [1.165, 1.54) is 10.9 Å². The lowest BCUT2D eigenvalue weighted by atomic mass is 10.2. The molecular formula is C10H17N3O. The molecule has 1 atom stereocenters. The van der Waals surface area contributed by atoms with Crippen LogP contribution in [0.3, 0.4) is 0 Å². The molecule has 1 heterocycles. The molecule has 0 aliphatic rings. The number of carbonyl (C=O) groups excluding carboxylic acids is 1. The van der Waals surface area contributed by atoms with Crippen LogP contribution in [0.5, 0.6) is 0 Å². The molecule has 1 aromatic rings. The van der Waals surface area contributed by atoms with Crippen molar-refractivity contribution in [2.24, 2.45) is 0 Å². The van der Waals surface area contributed by atoms with Crippen LogP contribution >= 0.6 is 0 Å². The molecule has 4 nitrogen and oxygen atoms in total. The Morgan fingerprint density at radius 1 is 1.64 bits per heavy atom. The van der Waals surface area contributed by atoms with Gasteiger partial charge in [-0.1, -0.05) is 13.3 Å². The molecule has 4 heteroatoms. The normalized spacial score (nSPS) is 12.5. The largest absolute Gasteiger partial charge is 0.329 e. The molecule has 1 amide bonds. The van der Waals surface area contributed by atoms with E-state index >= 15 is 0 Å². The summed E-state index contributed by atoms with van der Waals surface area (Å²) in [5.41, 5.74) is 0. The van der Waals surface area contributed by atoms with Gasteiger partial charge in [-0.25, -0.2) is 9.78 Å². The summed E-state index contributed by atoms with van der Waals surface area (Å²) in [7, 11) is 1.82. The third-order valence-corrected chi connectivity index (χ3v) is 2.39. The second-order valence-corrected chi connectivity index (χ2v) is 3.50. The van der Waals surface area contributed by atoms with Gasteiger partial charge >= 0.3 is 6.03 Å². The molecular weight excluding hydrogens is 178 g/mol. The van der Waals surface area contributed by atoms with Crippen molar-refractivity contribution in [3.63, 3.8) is 0 Å². The van der Waals surface area contributed by atoms with Crippen molar-refractivity contribution >= 4 is 6.03 Å². The minimum atomic E-state index is -0.0246. The molecule has 14 heavy (non-hydrogen) atoms. The highest BCUT2D eigenvalue weighted by atomic mass is 16.2. The molecule has 0 saturated carbocycles. The van der Waals surface area contributed by atoms with Gasteiger partial charge in [0, 0.05) is 25.5 Å². The Bertz CT molecular complexity index is 282. The molecule has 0 fully saturated rings. The van der Waals surface area contributed by atoms with E-state index < -0.39 is 0 Å². The molecule has 78 valence electrons. The van der Waals surface area contributed by atoms with Gasteiger partial charge in [-0.15, -0.1) is 0 Å². The maximum absolute atomic E-state index is 11.8. The number of aromatic nitrogens is 2. The predicted molar refractivity (Wildman–Crippen MR) is 55.2 cm³/mol. The third kappa shape index (κ3) is 2.34. The standard InChI is InChI=1S/C10H17N3O/c1-4-5-9(2)12(3)10(14)13-7-6-11-8-13/h6-9H,4-5H2,1-3H3. The summed E-state index contributed by atoms with van der Waals surface area (Å²) in [6.07, 6.45) is 6.91.